The molecule has 0 aliphatic heterocycles. The molecule has 0 aliphatic carbocycles. The molecular formula is C13H14ClF6N2O2+. The number of amides is 1. The van der Waals surface area contributed by atoms with E-state index in [1.165, 1.54) is 31.2 Å². The van der Waals surface area contributed by atoms with Crippen LogP contribution in [-0.2, 0) is 11.3 Å². The molecule has 0 radical (unpaired) electrons. The number of ether oxygens (including phenoxy) is 1. The van der Waals surface area contributed by atoms with E-state index >= 15 is 0 Å². The van der Waals surface area contributed by atoms with E-state index in [4.69, 9.17) is 11.6 Å². The minimum absolute atomic E-state index is 0.00290. The number of nitrogens with two attached hydrogens (primary N) is 1. The Hall–Kier alpha value is -1.68. The van der Waals surface area contributed by atoms with Gasteiger partial charge in [-0.15, -0.1) is 0 Å². The van der Waals surface area contributed by atoms with E-state index in [0.29, 0.717) is 0 Å². The highest BCUT2D eigenvalue weighted by molar-refractivity contribution is 6.31. The Labute approximate surface area is 138 Å². The second-order valence-electron chi connectivity index (χ2n) is 4.65. The summed E-state index contributed by atoms with van der Waals surface area (Å²) in [5.74, 6) is 0. The molecule has 1 rings (SSSR count). The average Bonchev–Trinajstić information content (AvgIpc) is 2.42. The second-order valence-corrected chi connectivity index (χ2v) is 5.06. The summed E-state index contributed by atoms with van der Waals surface area (Å²) in [7, 11) is 0. The van der Waals surface area contributed by atoms with Gasteiger partial charge in [-0.2, -0.15) is 26.3 Å². The molecule has 0 spiro atoms. The summed E-state index contributed by atoms with van der Waals surface area (Å²) in [6.07, 6.45) is -13.5. The minimum atomic E-state index is -5.83. The molecule has 1 aromatic rings. The number of carbonyl (C=O) groups excluding carboxylic acids is 1. The van der Waals surface area contributed by atoms with Gasteiger partial charge in [0.25, 0.3) is 0 Å². The Morgan fingerprint density at radius 1 is 1.17 bits per heavy atom. The molecular weight excluding hydrogens is 366 g/mol. The molecule has 24 heavy (non-hydrogen) atoms. The highest BCUT2D eigenvalue weighted by atomic mass is 35.5. The predicted molar refractivity (Wildman–Crippen MR) is 72.1 cm³/mol. The summed E-state index contributed by atoms with van der Waals surface area (Å²) in [6.45, 7) is 0.0864. The smallest absolute Gasteiger partial charge is 0.450 e. The summed E-state index contributed by atoms with van der Waals surface area (Å²) in [4.78, 5) is 11.3. The normalized spacial score (nSPS) is 12.8. The fraction of sp³-hybridized carbons (Fsp3) is 0.462. The van der Waals surface area contributed by atoms with Gasteiger partial charge in [0.15, 0.2) is 0 Å². The van der Waals surface area contributed by atoms with Crippen LogP contribution in [0.4, 0.5) is 31.1 Å². The van der Waals surface area contributed by atoms with Gasteiger partial charge >= 0.3 is 24.1 Å². The lowest BCUT2D eigenvalue weighted by molar-refractivity contribution is -0.796. The van der Waals surface area contributed by atoms with Crippen LogP contribution in [0.2, 0.25) is 5.02 Å². The summed E-state index contributed by atoms with van der Waals surface area (Å²) in [6, 6.07) is 5.49. The van der Waals surface area contributed by atoms with E-state index in [0.717, 1.165) is 5.32 Å². The molecule has 136 valence electrons. The number of quaternary nitrogens is 1. The van der Waals surface area contributed by atoms with Crippen molar-refractivity contribution >= 4 is 17.7 Å². The Kier molecular flexibility index (Phi) is 6.34. The van der Waals surface area contributed by atoms with Gasteiger partial charge in [0.1, 0.15) is 6.54 Å². The number of nitrogens with one attached hydrogen (secondary N) is 1. The van der Waals surface area contributed by atoms with Crippen LogP contribution in [0.15, 0.2) is 24.3 Å². The number of rotatable bonds is 5. The second kappa shape index (κ2) is 7.47. The van der Waals surface area contributed by atoms with Gasteiger partial charge in [-0.1, -0.05) is 29.8 Å². The molecule has 0 fully saturated rings. The fourth-order valence-electron chi connectivity index (χ4n) is 1.84. The van der Waals surface area contributed by atoms with Crippen LogP contribution in [0.3, 0.4) is 0 Å². The first-order chi connectivity index (χ1) is 10.9. The van der Waals surface area contributed by atoms with Crippen molar-refractivity contribution in [2.24, 2.45) is 0 Å². The number of benzene rings is 1. The Morgan fingerprint density at radius 3 is 2.17 bits per heavy atom. The Morgan fingerprint density at radius 2 is 1.71 bits per heavy atom. The lowest BCUT2D eigenvalue weighted by atomic mass is 10.1. The average molecular weight is 380 g/mol. The number of hydrogen-bond donors (Lipinski definition) is 2. The van der Waals surface area contributed by atoms with Crippen molar-refractivity contribution in [3.05, 3.63) is 34.9 Å². The quantitative estimate of drug-likeness (QED) is 0.610. The Bertz CT molecular complexity index is 562. The zero-order valence-corrected chi connectivity index (χ0v) is 13.0. The van der Waals surface area contributed by atoms with Crippen LogP contribution in [0.5, 0.6) is 0 Å². The SMILES string of the molecule is CCOC(=O)NC([NH2+]Cc1ccccc1Cl)(C(F)(F)F)C(F)(F)F. The maximum atomic E-state index is 13.2. The highest BCUT2D eigenvalue weighted by Gasteiger charge is 2.76. The molecule has 0 aliphatic rings. The van der Waals surface area contributed by atoms with E-state index in [2.05, 4.69) is 4.74 Å². The van der Waals surface area contributed by atoms with Crippen LogP contribution >= 0.6 is 11.6 Å². The number of alkyl carbamates (subject to hydrolysis) is 1. The molecule has 0 heterocycles. The van der Waals surface area contributed by atoms with E-state index in [-0.39, 0.29) is 22.5 Å². The van der Waals surface area contributed by atoms with Crippen LogP contribution in [0.25, 0.3) is 0 Å². The van der Waals surface area contributed by atoms with Gasteiger partial charge in [-0.05, 0) is 13.0 Å². The minimum Gasteiger partial charge on any atom is -0.450 e. The van der Waals surface area contributed by atoms with E-state index in [9.17, 15) is 31.1 Å². The largest absolute Gasteiger partial charge is 0.476 e. The molecule has 4 nitrogen and oxygen atoms in total. The van der Waals surface area contributed by atoms with Crippen molar-refractivity contribution in [1.29, 1.82) is 0 Å². The first kappa shape index (κ1) is 20.4. The molecule has 0 bridgehead atoms. The topological polar surface area (TPSA) is 54.9 Å². The van der Waals surface area contributed by atoms with E-state index in [1.54, 1.807) is 0 Å². The first-order valence-corrected chi connectivity index (χ1v) is 6.98. The molecule has 3 N–H and O–H groups in total. The van der Waals surface area contributed by atoms with Crippen molar-refractivity contribution in [3.8, 4) is 0 Å². The lowest BCUT2D eigenvalue weighted by Gasteiger charge is -2.34. The van der Waals surface area contributed by atoms with Gasteiger partial charge in [-0.3, -0.25) is 5.32 Å². The van der Waals surface area contributed by atoms with E-state index in [1.807, 2.05) is 0 Å². The maximum absolute atomic E-state index is 13.2. The van der Waals surface area contributed by atoms with Crippen LogP contribution in [0, 0.1) is 0 Å². The molecule has 0 aromatic heterocycles. The zero-order valence-electron chi connectivity index (χ0n) is 12.3. The molecule has 1 amide bonds. The third-order valence-corrected chi connectivity index (χ3v) is 3.42. The molecule has 1 aromatic carbocycles. The third kappa shape index (κ3) is 4.44. The number of hydrogen-bond acceptors (Lipinski definition) is 2. The monoisotopic (exact) mass is 379 g/mol. The fourth-order valence-corrected chi connectivity index (χ4v) is 2.05. The number of halogens is 7. The van der Waals surface area contributed by atoms with Gasteiger partial charge in [0.2, 0.25) is 0 Å². The van der Waals surface area contributed by atoms with Crippen molar-refractivity contribution in [1.82, 2.24) is 5.32 Å². The van der Waals surface area contributed by atoms with Crippen molar-refractivity contribution < 1.29 is 41.2 Å². The number of alkyl halides is 6. The summed E-state index contributed by atoms with van der Waals surface area (Å²) >= 11 is 5.74. The highest BCUT2D eigenvalue weighted by Crippen LogP contribution is 2.38. The van der Waals surface area contributed by atoms with Crippen molar-refractivity contribution in [2.75, 3.05) is 6.61 Å². The molecule has 11 heteroatoms. The van der Waals surface area contributed by atoms with Crippen molar-refractivity contribution in [2.45, 2.75) is 31.5 Å². The Balaban J connectivity index is 3.20. The summed E-state index contributed by atoms with van der Waals surface area (Å²) in [5.41, 5.74) is -4.52. The molecule has 0 unspecified atom stereocenters. The molecule has 0 saturated heterocycles. The predicted octanol–water partition coefficient (Wildman–Crippen LogP) is 2.97. The summed E-state index contributed by atoms with van der Waals surface area (Å²) in [5, 5.41) is 0.816. The molecule has 0 atom stereocenters. The van der Waals surface area contributed by atoms with Crippen LogP contribution < -0.4 is 10.6 Å². The van der Waals surface area contributed by atoms with Gasteiger partial charge in [0, 0.05) is 10.6 Å². The van der Waals surface area contributed by atoms with E-state index < -0.39 is 30.7 Å². The third-order valence-electron chi connectivity index (χ3n) is 3.05. The van der Waals surface area contributed by atoms with Gasteiger partial charge < -0.3 is 10.1 Å². The molecule has 0 saturated carbocycles. The summed E-state index contributed by atoms with van der Waals surface area (Å²) < 4.78 is 83.5. The van der Waals surface area contributed by atoms with Crippen LogP contribution in [0.1, 0.15) is 12.5 Å². The lowest BCUT2D eigenvalue weighted by Crippen LogP contribution is -3.07. The van der Waals surface area contributed by atoms with Gasteiger partial charge in [0.05, 0.1) is 6.61 Å². The van der Waals surface area contributed by atoms with Crippen molar-refractivity contribution in [3.63, 3.8) is 0 Å². The number of carbonyl (C=O) groups is 1. The first-order valence-electron chi connectivity index (χ1n) is 6.60. The maximum Gasteiger partial charge on any atom is 0.476 e. The van der Waals surface area contributed by atoms with Gasteiger partial charge in [-0.25, -0.2) is 4.79 Å². The zero-order chi connectivity index (χ0) is 18.6. The van der Waals surface area contributed by atoms with Crippen LogP contribution in [-0.4, -0.2) is 30.7 Å². The standard InChI is InChI=1S/C13H13ClF6N2O2/c1-2-24-10(23)22-11(12(15,16)17,13(18,19)20)21-7-8-5-3-4-6-9(8)14/h3-6,21H,2,7H2,1H3,(H,22,23)/p+1.